The lowest BCUT2D eigenvalue weighted by Gasteiger charge is -2.19. The van der Waals surface area contributed by atoms with Crippen LogP contribution in [0.3, 0.4) is 0 Å². The maximum atomic E-state index is 12.0. The van der Waals surface area contributed by atoms with Gasteiger partial charge in [-0.15, -0.1) is 0 Å². The molecule has 1 aromatic rings. The molecule has 1 saturated heterocycles. The van der Waals surface area contributed by atoms with Crippen LogP contribution in [0.2, 0.25) is 0 Å². The summed E-state index contributed by atoms with van der Waals surface area (Å²) in [5.41, 5.74) is 7.34. The van der Waals surface area contributed by atoms with Crippen molar-refractivity contribution in [3.63, 3.8) is 0 Å². The molecule has 16 heavy (non-hydrogen) atoms. The average molecular weight is 218 g/mol. The minimum absolute atomic E-state index is 0.187. The van der Waals surface area contributed by atoms with Gasteiger partial charge in [-0.2, -0.15) is 0 Å². The van der Waals surface area contributed by atoms with E-state index in [1.54, 1.807) is 0 Å². The van der Waals surface area contributed by atoms with Crippen LogP contribution in [0.4, 0.5) is 5.69 Å². The minimum atomic E-state index is -0.187. The summed E-state index contributed by atoms with van der Waals surface area (Å²) in [7, 11) is 0. The standard InChI is InChI=1S/C13H18N2O/c1-13(2)7-8-15(12(13)16)9-10-3-5-11(14)6-4-10/h3-6H,7-9,14H2,1-2H3. The first-order valence-electron chi connectivity index (χ1n) is 5.63. The number of carbonyl (C=O) groups is 1. The molecular weight excluding hydrogens is 200 g/mol. The summed E-state index contributed by atoms with van der Waals surface area (Å²) in [6.45, 7) is 5.58. The maximum absolute atomic E-state index is 12.0. The van der Waals surface area contributed by atoms with E-state index in [1.165, 1.54) is 0 Å². The zero-order valence-corrected chi connectivity index (χ0v) is 9.86. The first-order valence-corrected chi connectivity index (χ1v) is 5.63. The molecule has 3 heteroatoms. The van der Waals surface area contributed by atoms with Gasteiger partial charge >= 0.3 is 0 Å². The fourth-order valence-electron chi connectivity index (χ4n) is 2.05. The third kappa shape index (κ3) is 2.03. The Morgan fingerprint density at radius 1 is 1.31 bits per heavy atom. The van der Waals surface area contributed by atoms with E-state index in [4.69, 9.17) is 5.73 Å². The Labute approximate surface area is 96.2 Å². The normalized spacial score (nSPS) is 19.1. The first kappa shape index (κ1) is 11.0. The molecule has 0 bridgehead atoms. The van der Waals surface area contributed by atoms with E-state index in [9.17, 15) is 4.79 Å². The van der Waals surface area contributed by atoms with Gasteiger partial charge in [0.15, 0.2) is 0 Å². The van der Waals surface area contributed by atoms with Crippen molar-refractivity contribution in [2.75, 3.05) is 12.3 Å². The molecule has 0 aromatic heterocycles. The van der Waals surface area contributed by atoms with E-state index < -0.39 is 0 Å². The summed E-state index contributed by atoms with van der Waals surface area (Å²) >= 11 is 0. The van der Waals surface area contributed by atoms with Crippen molar-refractivity contribution in [1.29, 1.82) is 0 Å². The Morgan fingerprint density at radius 3 is 2.44 bits per heavy atom. The number of rotatable bonds is 2. The number of carbonyl (C=O) groups excluding carboxylic acids is 1. The Balaban J connectivity index is 2.07. The van der Waals surface area contributed by atoms with Crippen molar-refractivity contribution in [2.45, 2.75) is 26.8 Å². The molecule has 2 N–H and O–H groups in total. The summed E-state index contributed by atoms with van der Waals surface area (Å²) in [5, 5.41) is 0. The second-order valence-electron chi connectivity index (χ2n) is 5.10. The van der Waals surface area contributed by atoms with E-state index in [-0.39, 0.29) is 11.3 Å². The van der Waals surface area contributed by atoms with Gasteiger partial charge in [-0.1, -0.05) is 26.0 Å². The van der Waals surface area contributed by atoms with Crippen LogP contribution in [0.5, 0.6) is 0 Å². The van der Waals surface area contributed by atoms with Crippen LogP contribution in [-0.2, 0) is 11.3 Å². The van der Waals surface area contributed by atoms with Gasteiger partial charge in [0.2, 0.25) is 5.91 Å². The van der Waals surface area contributed by atoms with Gasteiger partial charge in [-0.3, -0.25) is 4.79 Å². The van der Waals surface area contributed by atoms with Crippen LogP contribution < -0.4 is 5.73 Å². The molecule has 2 rings (SSSR count). The average Bonchev–Trinajstić information content (AvgIpc) is 2.49. The van der Waals surface area contributed by atoms with Crippen molar-refractivity contribution < 1.29 is 4.79 Å². The number of hydrogen-bond acceptors (Lipinski definition) is 2. The van der Waals surface area contributed by atoms with E-state index in [0.29, 0.717) is 6.54 Å². The molecule has 0 saturated carbocycles. The van der Waals surface area contributed by atoms with Gasteiger partial charge in [-0.25, -0.2) is 0 Å². The predicted octanol–water partition coefficient (Wildman–Crippen LogP) is 2.03. The number of benzene rings is 1. The number of hydrogen-bond donors (Lipinski definition) is 1. The van der Waals surface area contributed by atoms with Crippen LogP contribution in [0.1, 0.15) is 25.8 Å². The van der Waals surface area contributed by atoms with Crippen LogP contribution in [-0.4, -0.2) is 17.4 Å². The summed E-state index contributed by atoms with van der Waals surface area (Å²) in [5.74, 6) is 0.254. The zero-order valence-electron chi connectivity index (χ0n) is 9.86. The van der Waals surface area contributed by atoms with Crippen molar-refractivity contribution in [3.05, 3.63) is 29.8 Å². The van der Waals surface area contributed by atoms with Gasteiger partial charge in [0, 0.05) is 24.2 Å². The van der Waals surface area contributed by atoms with Crippen LogP contribution in [0.25, 0.3) is 0 Å². The minimum Gasteiger partial charge on any atom is -0.399 e. The number of nitrogens with zero attached hydrogens (tertiary/aromatic N) is 1. The number of likely N-dealkylation sites (tertiary alicyclic amines) is 1. The number of anilines is 1. The molecule has 0 spiro atoms. The second-order valence-corrected chi connectivity index (χ2v) is 5.10. The summed E-state index contributed by atoms with van der Waals surface area (Å²) in [6, 6.07) is 7.71. The highest BCUT2D eigenvalue weighted by Crippen LogP contribution is 2.31. The number of nitrogens with two attached hydrogens (primary N) is 1. The lowest BCUT2D eigenvalue weighted by molar-refractivity contribution is -0.135. The van der Waals surface area contributed by atoms with Crippen molar-refractivity contribution in [3.8, 4) is 0 Å². The van der Waals surface area contributed by atoms with E-state index in [1.807, 2.05) is 43.0 Å². The molecular formula is C13H18N2O. The third-order valence-corrected chi connectivity index (χ3v) is 3.23. The fraction of sp³-hybridized carbons (Fsp3) is 0.462. The number of amides is 1. The Hall–Kier alpha value is -1.51. The van der Waals surface area contributed by atoms with Crippen LogP contribution >= 0.6 is 0 Å². The van der Waals surface area contributed by atoms with Crippen molar-refractivity contribution in [1.82, 2.24) is 4.90 Å². The Morgan fingerprint density at radius 2 is 1.94 bits per heavy atom. The summed E-state index contributed by atoms with van der Waals surface area (Å²) in [4.78, 5) is 13.9. The molecule has 86 valence electrons. The molecule has 0 radical (unpaired) electrons. The van der Waals surface area contributed by atoms with Crippen LogP contribution in [0.15, 0.2) is 24.3 Å². The quantitative estimate of drug-likeness (QED) is 0.772. The smallest absolute Gasteiger partial charge is 0.228 e. The van der Waals surface area contributed by atoms with Gasteiger partial charge in [0.1, 0.15) is 0 Å². The van der Waals surface area contributed by atoms with Gasteiger partial charge in [-0.05, 0) is 24.1 Å². The molecule has 0 aliphatic carbocycles. The SMILES string of the molecule is CC1(C)CCN(Cc2ccc(N)cc2)C1=O. The Kier molecular flexibility index (Phi) is 2.62. The molecule has 1 aromatic carbocycles. The van der Waals surface area contributed by atoms with Crippen molar-refractivity contribution >= 4 is 11.6 Å². The molecule has 1 fully saturated rings. The highest BCUT2D eigenvalue weighted by molar-refractivity contribution is 5.83. The number of nitrogen functional groups attached to an aromatic ring is 1. The molecule has 1 aliphatic heterocycles. The lowest BCUT2D eigenvalue weighted by atomic mass is 9.92. The highest BCUT2D eigenvalue weighted by Gasteiger charge is 2.38. The molecule has 1 aliphatic rings. The largest absolute Gasteiger partial charge is 0.399 e. The highest BCUT2D eigenvalue weighted by atomic mass is 16.2. The first-order chi connectivity index (χ1) is 7.49. The molecule has 1 heterocycles. The molecule has 3 nitrogen and oxygen atoms in total. The molecule has 0 atom stereocenters. The summed E-state index contributed by atoms with van der Waals surface area (Å²) in [6.07, 6.45) is 0.945. The lowest BCUT2D eigenvalue weighted by Crippen LogP contribution is -2.30. The fourth-order valence-corrected chi connectivity index (χ4v) is 2.05. The third-order valence-electron chi connectivity index (χ3n) is 3.23. The Bertz CT molecular complexity index is 395. The van der Waals surface area contributed by atoms with Crippen molar-refractivity contribution in [2.24, 2.45) is 5.41 Å². The topological polar surface area (TPSA) is 46.3 Å². The van der Waals surface area contributed by atoms with E-state index in [2.05, 4.69) is 0 Å². The van der Waals surface area contributed by atoms with E-state index in [0.717, 1.165) is 24.2 Å². The van der Waals surface area contributed by atoms with Gasteiger partial charge in [0.25, 0.3) is 0 Å². The maximum Gasteiger partial charge on any atom is 0.228 e. The van der Waals surface area contributed by atoms with Crippen LogP contribution in [0, 0.1) is 5.41 Å². The van der Waals surface area contributed by atoms with Gasteiger partial charge in [0.05, 0.1) is 0 Å². The summed E-state index contributed by atoms with van der Waals surface area (Å²) < 4.78 is 0. The van der Waals surface area contributed by atoms with E-state index >= 15 is 0 Å². The van der Waals surface area contributed by atoms with Gasteiger partial charge < -0.3 is 10.6 Å². The monoisotopic (exact) mass is 218 g/mol. The second kappa shape index (κ2) is 3.81. The zero-order chi connectivity index (χ0) is 11.8. The molecule has 1 amide bonds. The predicted molar refractivity (Wildman–Crippen MR) is 64.7 cm³/mol. The molecule has 0 unspecified atom stereocenters.